The van der Waals surface area contributed by atoms with E-state index in [-0.39, 0.29) is 6.03 Å². The summed E-state index contributed by atoms with van der Waals surface area (Å²) in [6.07, 6.45) is 5.17. The van der Waals surface area contributed by atoms with Crippen molar-refractivity contribution in [3.8, 4) is 5.75 Å². The minimum atomic E-state index is -0.326. The number of benzene rings is 1. The third-order valence-corrected chi connectivity index (χ3v) is 4.75. The van der Waals surface area contributed by atoms with Crippen LogP contribution in [0.2, 0.25) is 0 Å². The van der Waals surface area contributed by atoms with Crippen LogP contribution in [0, 0.1) is 0 Å². The molecule has 0 unspecified atom stereocenters. The van der Waals surface area contributed by atoms with Crippen LogP contribution >= 0.6 is 0 Å². The van der Waals surface area contributed by atoms with Crippen LogP contribution in [0.5, 0.6) is 5.75 Å². The van der Waals surface area contributed by atoms with E-state index in [2.05, 4.69) is 20.7 Å². The summed E-state index contributed by atoms with van der Waals surface area (Å²) in [5, 5.41) is 9.78. The average molecular weight is 342 g/mol. The van der Waals surface area contributed by atoms with Crippen LogP contribution in [-0.4, -0.2) is 31.4 Å². The van der Waals surface area contributed by atoms with Crippen LogP contribution in [0.4, 0.5) is 22.0 Å². The van der Waals surface area contributed by atoms with Gasteiger partial charge in [0.05, 0.1) is 12.2 Å². The molecule has 1 aliphatic heterocycles. The summed E-state index contributed by atoms with van der Waals surface area (Å²) in [4.78, 5) is 14.6. The number of carbonyl (C=O) groups is 1. The molecule has 2 amide bonds. The highest BCUT2D eigenvalue weighted by molar-refractivity contribution is 6.02. The summed E-state index contributed by atoms with van der Waals surface area (Å²) in [5.74, 6) is 2.21. The number of rotatable bonds is 2. The molecule has 0 saturated heterocycles. The Morgan fingerprint density at radius 3 is 3.00 bits per heavy atom. The Hall–Kier alpha value is -2.70. The summed E-state index contributed by atoms with van der Waals surface area (Å²) in [5.41, 5.74) is 2.64. The first kappa shape index (κ1) is 15.8. The number of anilines is 3. The summed E-state index contributed by atoms with van der Waals surface area (Å²) in [6, 6.07) is 5.32. The largest absolute Gasteiger partial charge is 0.489 e. The molecule has 1 aliphatic carbocycles. The van der Waals surface area contributed by atoms with E-state index < -0.39 is 0 Å². The molecule has 2 heterocycles. The number of aromatic nitrogens is 1. The van der Waals surface area contributed by atoms with Crippen LogP contribution in [0.1, 0.15) is 30.6 Å². The molecule has 0 bridgehead atoms. The molecular weight excluding hydrogens is 320 g/mol. The van der Waals surface area contributed by atoms with Crippen molar-refractivity contribution in [1.82, 2.24) is 5.16 Å². The van der Waals surface area contributed by atoms with Gasteiger partial charge in [0.2, 0.25) is 0 Å². The van der Waals surface area contributed by atoms with Crippen molar-refractivity contribution < 1.29 is 14.1 Å². The number of nitrogens with one attached hydrogen (secondary N) is 2. The number of para-hydroxylation sites is 1. The number of hydrogen-bond donors (Lipinski definition) is 2. The van der Waals surface area contributed by atoms with Gasteiger partial charge < -0.3 is 19.5 Å². The van der Waals surface area contributed by atoms with Crippen molar-refractivity contribution in [2.75, 3.05) is 35.7 Å². The van der Waals surface area contributed by atoms with Crippen molar-refractivity contribution in [3.05, 3.63) is 29.5 Å². The van der Waals surface area contributed by atoms with Gasteiger partial charge in [-0.15, -0.1) is 0 Å². The first-order valence-corrected chi connectivity index (χ1v) is 8.75. The zero-order valence-corrected chi connectivity index (χ0v) is 14.3. The number of fused-ring (bicyclic) bond motifs is 2. The lowest BCUT2D eigenvalue weighted by Gasteiger charge is -2.29. The standard InChI is InChI=1S/C18H22N4O3/c1-22-10-11-24-15-9-5-7-13(16(15)22)19-18(23)20-17-12-6-3-2-4-8-14(12)25-21-17/h5,7,9H,2-4,6,8,10-11H2,1H3,(H2,19,20,21,23). The van der Waals surface area contributed by atoms with Crippen molar-refractivity contribution >= 4 is 23.2 Å². The van der Waals surface area contributed by atoms with Crippen LogP contribution in [-0.2, 0) is 12.8 Å². The van der Waals surface area contributed by atoms with Gasteiger partial charge in [-0.05, 0) is 31.4 Å². The zero-order chi connectivity index (χ0) is 17.2. The van der Waals surface area contributed by atoms with E-state index in [1.807, 2.05) is 25.2 Å². The molecule has 0 atom stereocenters. The second kappa shape index (κ2) is 6.66. The Morgan fingerprint density at radius 1 is 1.20 bits per heavy atom. The Labute approximate surface area is 146 Å². The minimum Gasteiger partial charge on any atom is -0.489 e. The zero-order valence-electron chi connectivity index (χ0n) is 14.3. The molecule has 0 radical (unpaired) electrons. The van der Waals surface area contributed by atoms with E-state index in [0.717, 1.165) is 55.0 Å². The van der Waals surface area contributed by atoms with E-state index in [0.29, 0.717) is 18.1 Å². The number of likely N-dealkylation sites (N-methyl/N-ethyl adjacent to an activating group) is 1. The molecule has 2 aliphatic rings. The monoisotopic (exact) mass is 342 g/mol. The molecule has 7 nitrogen and oxygen atoms in total. The van der Waals surface area contributed by atoms with Crippen LogP contribution in [0.15, 0.2) is 22.7 Å². The van der Waals surface area contributed by atoms with Crippen molar-refractivity contribution in [2.24, 2.45) is 0 Å². The van der Waals surface area contributed by atoms with E-state index in [4.69, 9.17) is 9.26 Å². The van der Waals surface area contributed by atoms with Crippen LogP contribution < -0.4 is 20.3 Å². The maximum Gasteiger partial charge on any atom is 0.325 e. The number of ether oxygens (including phenoxy) is 1. The molecule has 0 saturated carbocycles. The predicted molar refractivity (Wildman–Crippen MR) is 95.6 cm³/mol. The molecule has 1 aromatic carbocycles. The Morgan fingerprint density at radius 2 is 2.08 bits per heavy atom. The maximum atomic E-state index is 12.5. The minimum absolute atomic E-state index is 0.326. The van der Waals surface area contributed by atoms with Gasteiger partial charge in [0.25, 0.3) is 0 Å². The van der Waals surface area contributed by atoms with E-state index in [1.165, 1.54) is 6.42 Å². The number of carbonyl (C=O) groups excluding carboxylic acids is 1. The SMILES string of the molecule is CN1CCOc2cccc(NC(=O)Nc3noc4c3CCCCC4)c21. The van der Waals surface area contributed by atoms with Gasteiger partial charge in [-0.1, -0.05) is 17.6 Å². The smallest absolute Gasteiger partial charge is 0.325 e. The lowest BCUT2D eigenvalue weighted by molar-refractivity contribution is 0.262. The molecule has 0 spiro atoms. The van der Waals surface area contributed by atoms with E-state index in [1.54, 1.807) is 0 Å². The van der Waals surface area contributed by atoms with E-state index in [9.17, 15) is 4.79 Å². The van der Waals surface area contributed by atoms with Crippen LogP contribution in [0.25, 0.3) is 0 Å². The van der Waals surface area contributed by atoms with Gasteiger partial charge in [0.15, 0.2) is 5.82 Å². The summed E-state index contributed by atoms with van der Waals surface area (Å²) >= 11 is 0. The van der Waals surface area contributed by atoms with E-state index >= 15 is 0 Å². The predicted octanol–water partition coefficient (Wildman–Crippen LogP) is 3.42. The van der Waals surface area contributed by atoms with Gasteiger partial charge in [-0.2, -0.15) is 0 Å². The Balaban J connectivity index is 1.51. The molecule has 4 rings (SSSR count). The fourth-order valence-electron chi connectivity index (χ4n) is 3.46. The van der Waals surface area contributed by atoms with Gasteiger partial charge >= 0.3 is 6.03 Å². The van der Waals surface area contributed by atoms with Gasteiger partial charge in [0.1, 0.15) is 23.8 Å². The van der Waals surface area contributed by atoms with Crippen molar-refractivity contribution in [2.45, 2.75) is 32.1 Å². The molecule has 2 N–H and O–H groups in total. The van der Waals surface area contributed by atoms with Crippen LogP contribution in [0.3, 0.4) is 0 Å². The number of hydrogen-bond acceptors (Lipinski definition) is 5. The molecule has 25 heavy (non-hydrogen) atoms. The van der Waals surface area contributed by atoms with Gasteiger partial charge in [0, 0.05) is 19.0 Å². The summed E-state index contributed by atoms with van der Waals surface area (Å²) in [7, 11) is 1.99. The lowest BCUT2D eigenvalue weighted by atomic mass is 10.1. The average Bonchev–Trinajstić information content (AvgIpc) is 2.82. The lowest BCUT2D eigenvalue weighted by Crippen LogP contribution is -2.30. The van der Waals surface area contributed by atoms with Gasteiger partial charge in [-0.25, -0.2) is 4.79 Å². The fourth-order valence-corrected chi connectivity index (χ4v) is 3.46. The maximum absolute atomic E-state index is 12.5. The molecule has 1 aromatic heterocycles. The molecular formula is C18H22N4O3. The first-order chi connectivity index (χ1) is 12.2. The fraction of sp³-hybridized carbons (Fsp3) is 0.444. The molecule has 2 aromatic rings. The topological polar surface area (TPSA) is 79.6 Å². The number of urea groups is 1. The third kappa shape index (κ3) is 3.14. The second-order valence-electron chi connectivity index (χ2n) is 6.50. The third-order valence-electron chi connectivity index (χ3n) is 4.75. The second-order valence-corrected chi connectivity index (χ2v) is 6.50. The first-order valence-electron chi connectivity index (χ1n) is 8.75. The summed E-state index contributed by atoms with van der Waals surface area (Å²) < 4.78 is 11.1. The highest BCUT2D eigenvalue weighted by Crippen LogP contribution is 2.37. The Bertz CT molecular complexity index is 787. The number of nitrogens with zero attached hydrogens (tertiary/aromatic N) is 2. The molecule has 7 heteroatoms. The molecule has 132 valence electrons. The highest BCUT2D eigenvalue weighted by atomic mass is 16.5. The van der Waals surface area contributed by atoms with Crippen molar-refractivity contribution in [3.63, 3.8) is 0 Å². The number of aryl methyl sites for hydroxylation is 1. The summed E-state index contributed by atoms with van der Waals surface area (Å²) in [6.45, 7) is 1.42. The quantitative estimate of drug-likeness (QED) is 0.818. The number of amides is 2. The van der Waals surface area contributed by atoms with Crippen molar-refractivity contribution in [1.29, 1.82) is 0 Å². The van der Waals surface area contributed by atoms with Gasteiger partial charge in [-0.3, -0.25) is 5.32 Å². The highest BCUT2D eigenvalue weighted by Gasteiger charge is 2.22. The normalized spacial score (nSPS) is 16.3. The Kier molecular flexibility index (Phi) is 4.21. The molecule has 0 fully saturated rings.